The summed E-state index contributed by atoms with van der Waals surface area (Å²) in [6.07, 6.45) is 1.79. The number of amides is 1. The number of aromatic nitrogens is 4. The molecule has 0 aliphatic heterocycles. The van der Waals surface area contributed by atoms with E-state index in [1.54, 1.807) is 10.9 Å². The highest BCUT2D eigenvalue weighted by Crippen LogP contribution is 2.24. The average Bonchev–Trinajstić information content (AvgIpc) is 3.46. The molecule has 5 rings (SSSR count). The van der Waals surface area contributed by atoms with Crippen LogP contribution in [-0.4, -0.2) is 25.5 Å². The van der Waals surface area contributed by atoms with E-state index < -0.39 is 0 Å². The number of para-hydroxylation sites is 2. The first-order valence-corrected chi connectivity index (χ1v) is 11.2. The molecule has 0 unspecified atom stereocenters. The zero-order valence-electron chi connectivity index (χ0n) is 19.1. The van der Waals surface area contributed by atoms with Gasteiger partial charge in [-0.3, -0.25) is 4.79 Å². The first kappa shape index (κ1) is 21.4. The van der Waals surface area contributed by atoms with Crippen LogP contribution in [0.15, 0.2) is 97.2 Å². The summed E-state index contributed by atoms with van der Waals surface area (Å²) in [4.78, 5) is 13.4. The van der Waals surface area contributed by atoms with E-state index in [4.69, 9.17) is 5.10 Å². The predicted molar refractivity (Wildman–Crippen MR) is 133 cm³/mol. The monoisotopic (exact) mass is 447 g/mol. The molecule has 1 amide bonds. The van der Waals surface area contributed by atoms with Gasteiger partial charge in [-0.2, -0.15) is 10.2 Å². The van der Waals surface area contributed by atoms with Crippen molar-refractivity contribution in [2.24, 2.45) is 0 Å². The summed E-state index contributed by atoms with van der Waals surface area (Å²) in [5, 5.41) is 12.5. The lowest BCUT2D eigenvalue weighted by Gasteiger charge is -2.07. The van der Waals surface area contributed by atoms with Crippen molar-refractivity contribution in [3.63, 3.8) is 0 Å². The third-order valence-electron chi connectivity index (χ3n) is 5.89. The summed E-state index contributed by atoms with van der Waals surface area (Å²) in [7, 11) is 0. The van der Waals surface area contributed by atoms with E-state index >= 15 is 0 Å². The highest BCUT2D eigenvalue weighted by atomic mass is 16.1. The van der Waals surface area contributed by atoms with Crippen molar-refractivity contribution < 1.29 is 4.79 Å². The Labute approximate surface area is 198 Å². The SMILES string of the molecule is Cc1nn(-c2ccccc2)c(C)c1CNC(=O)c1cn(-c2ccccc2)nc1-c1ccccc1. The Hall–Kier alpha value is -4.45. The minimum atomic E-state index is -0.174. The Bertz CT molecular complexity index is 1420. The molecule has 0 saturated carbocycles. The van der Waals surface area contributed by atoms with Gasteiger partial charge in [-0.05, 0) is 38.1 Å². The molecule has 0 aliphatic rings. The van der Waals surface area contributed by atoms with Gasteiger partial charge in [0.15, 0.2) is 0 Å². The first-order valence-electron chi connectivity index (χ1n) is 11.2. The number of hydrogen-bond acceptors (Lipinski definition) is 3. The van der Waals surface area contributed by atoms with Crippen molar-refractivity contribution in [2.45, 2.75) is 20.4 Å². The molecule has 6 heteroatoms. The van der Waals surface area contributed by atoms with Crippen LogP contribution in [0.5, 0.6) is 0 Å². The number of nitrogens with one attached hydrogen (secondary N) is 1. The van der Waals surface area contributed by atoms with Gasteiger partial charge in [0.2, 0.25) is 0 Å². The minimum absolute atomic E-state index is 0.174. The second-order valence-corrected chi connectivity index (χ2v) is 8.12. The van der Waals surface area contributed by atoms with Crippen LogP contribution in [0.3, 0.4) is 0 Å². The molecule has 1 N–H and O–H groups in total. The fraction of sp³-hybridized carbons (Fsp3) is 0.107. The maximum absolute atomic E-state index is 13.4. The fourth-order valence-electron chi connectivity index (χ4n) is 4.08. The summed E-state index contributed by atoms with van der Waals surface area (Å²) in [6.45, 7) is 4.38. The lowest BCUT2D eigenvalue weighted by molar-refractivity contribution is 0.0951. The standard InChI is InChI=1S/C28H25N5O/c1-20-25(21(2)33(30-20)24-16-10-5-11-17-24)18-29-28(34)26-19-32(23-14-8-4-9-15-23)31-27(26)22-12-6-3-7-13-22/h3-17,19H,18H2,1-2H3,(H,29,34). The Morgan fingerprint density at radius 1 is 0.794 bits per heavy atom. The summed E-state index contributed by atoms with van der Waals surface area (Å²) in [5.74, 6) is -0.174. The summed E-state index contributed by atoms with van der Waals surface area (Å²) in [5.41, 5.74) is 6.87. The number of carbonyl (C=O) groups excluding carboxylic acids is 1. The first-order chi connectivity index (χ1) is 16.6. The van der Waals surface area contributed by atoms with Crippen LogP contribution in [0.25, 0.3) is 22.6 Å². The van der Waals surface area contributed by atoms with Gasteiger partial charge in [0.05, 0.1) is 22.6 Å². The molecule has 0 atom stereocenters. The molecule has 0 saturated heterocycles. The zero-order valence-corrected chi connectivity index (χ0v) is 19.1. The van der Waals surface area contributed by atoms with Gasteiger partial charge in [-0.1, -0.05) is 66.7 Å². The average molecular weight is 448 g/mol. The molecule has 2 heterocycles. The van der Waals surface area contributed by atoms with Gasteiger partial charge in [-0.15, -0.1) is 0 Å². The van der Waals surface area contributed by atoms with Crippen LogP contribution in [0.4, 0.5) is 0 Å². The Morgan fingerprint density at radius 2 is 1.38 bits per heavy atom. The normalized spacial score (nSPS) is 10.9. The van der Waals surface area contributed by atoms with Crippen molar-refractivity contribution in [1.82, 2.24) is 24.9 Å². The topological polar surface area (TPSA) is 64.7 Å². The molecule has 0 aliphatic carbocycles. The van der Waals surface area contributed by atoms with Crippen molar-refractivity contribution in [2.75, 3.05) is 0 Å². The van der Waals surface area contributed by atoms with Crippen LogP contribution in [0.2, 0.25) is 0 Å². The Balaban J connectivity index is 1.44. The van der Waals surface area contributed by atoms with Crippen molar-refractivity contribution in [3.8, 4) is 22.6 Å². The van der Waals surface area contributed by atoms with Crippen LogP contribution in [-0.2, 0) is 6.54 Å². The number of aryl methyl sites for hydroxylation is 1. The van der Waals surface area contributed by atoms with E-state index in [1.807, 2.05) is 110 Å². The van der Waals surface area contributed by atoms with Gasteiger partial charge < -0.3 is 5.32 Å². The van der Waals surface area contributed by atoms with Crippen LogP contribution in [0, 0.1) is 13.8 Å². The molecule has 3 aromatic carbocycles. The molecule has 6 nitrogen and oxygen atoms in total. The van der Waals surface area contributed by atoms with Crippen LogP contribution < -0.4 is 5.32 Å². The van der Waals surface area contributed by atoms with Crippen molar-refractivity contribution >= 4 is 5.91 Å². The van der Waals surface area contributed by atoms with Crippen molar-refractivity contribution in [3.05, 3.63) is 120 Å². The molecular weight excluding hydrogens is 422 g/mol. The van der Waals surface area contributed by atoms with Crippen LogP contribution in [0.1, 0.15) is 27.3 Å². The van der Waals surface area contributed by atoms with E-state index in [0.29, 0.717) is 17.8 Å². The lowest BCUT2D eigenvalue weighted by Crippen LogP contribution is -2.23. The molecule has 0 radical (unpaired) electrons. The molecule has 0 fully saturated rings. The van der Waals surface area contributed by atoms with E-state index in [2.05, 4.69) is 10.4 Å². The number of hydrogen-bond donors (Lipinski definition) is 1. The van der Waals surface area contributed by atoms with Gasteiger partial charge in [0, 0.05) is 29.6 Å². The molecule has 0 bridgehead atoms. The number of rotatable bonds is 6. The molecule has 168 valence electrons. The summed E-state index contributed by atoms with van der Waals surface area (Å²) in [6, 6.07) is 29.6. The van der Waals surface area contributed by atoms with E-state index in [9.17, 15) is 4.79 Å². The van der Waals surface area contributed by atoms with Gasteiger partial charge in [-0.25, -0.2) is 9.36 Å². The third-order valence-corrected chi connectivity index (χ3v) is 5.89. The largest absolute Gasteiger partial charge is 0.348 e. The zero-order chi connectivity index (χ0) is 23.5. The van der Waals surface area contributed by atoms with E-state index in [1.165, 1.54) is 0 Å². The molecule has 0 spiro atoms. The molecule has 34 heavy (non-hydrogen) atoms. The highest BCUT2D eigenvalue weighted by Gasteiger charge is 2.20. The third kappa shape index (κ3) is 4.13. The quantitative estimate of drug-likeness (QED) is 0.386. The van der Waals surface area contributed by atoms with Crippen LogP contribution >= 0.6 is 0 Å². The summed E-state index contributed by atoms with van der Waals surface area (Å²) < 4.78 is 3.67. The van der Waals surface area contributed by atoms with Gasteiger partial charge in [0.1, 0.15) is 5.69 Å². The summed E-state index contributed by atoms with van der Waals surface area (Å²) >= 11 is 0. The molecule has 5 aromatic rings. The maximum Gasteiger partial charge on any atom is 0.255 e. The fourth-order valence-corrected chi connectivity index (χ4v) is 4.08. The number of nitrogens with zero attached hydrogens (tertiary/aromatic N) is 4. The molecule has 2 aromatic heterocycles. The van der Waals surface area contributed by atoms with Gasteiger partial charge in [0.25, 0.3) is 5.91 Å². The maximum atomic E-state index is 13.4. The number of carbonyl (C=O) groups is 1. The Morgan fingerprint density at radius 3 is 2.03 bits per heavy atom. The number of benzene rings is 3. The smallest absolute Gasteiger partial charge is 0.255 e. The van der Waals surface area contributed by atoms with Crippen molar-refractivity contribution in [1.29, 1.82) is 0 Å². The predicted octanol–water partition coefficient (Wildman–Crippen LogP) is 5.27. The van der Waals surface area contributed by atoms with E-state index in [0.717, 1.165) is 33.9 Å². The van der Waals surface area contributed by atoms with Gasteiger partial charge >= 0.3 is 0 Å². The Kier molecular flexibility index (Phi) is 5.79. The second kappa shape index (κ2) is 9.19. The highest BCUT2D eigenvalue weighted by molar-refractivity contribution is 5.99. The second-order valence-electron chi connectivity index (χ2n) is 8.12. The van der Waals surface area contributed by atoms with E-state index in [-0.39, 0.29) is 5.91 Å². The molecular formula is C28H25N5O. The lowest BCUT2D eigenvalue weighted by atomic mass is 10.1. The minimum Gasteiger partial charge on any atom is -0.348 e.